The highest BCUT2D eigenvalue weighted by atomic mass is 16.3. The van der Waals surface area contributed by atoms with Crippen LogP contribution in [0.5, 0.6) is 0 Å². The van der Waals surface area contributed by atoms with Gasteiger partial charge in [0.15, 0.2) is 0 Å². The molecule has 0 aromatic rings. The van der Waals surface area contributed by atoms with Crippen LogP contribution in [0.1, 0.15) is 51.4 Å². The van der Waals surface area contributed by atoms with Crippen LogP contribution in [0, 0.1) is 0 Å². The minimum absolute atomic E-state index is 0.172. The van der Waals surface area contributed by atoms with Gasteiger partial charge in [0, 0.05) is 25.2 Å². The molecular weight excluding hydrogens is 240 g/mol. The predicted molar refractivity (Wildman–Crippen MR) is 73.8 cm³/mol. The van der Waals surface area contributed by atoms with Crippen molar-refractivity contribution in [1.29, 1.82) is 0 Å². The van der Waals surface area contributed by atoms with E-state index in [0.29, 0.717) is 18.5 Å². The van der Waals surface area contributed by atoms with Gasteiger partial charge in [-0.1, -0.05) is 12.8 Å². The molecule has 3 rings (SSSR count). The van der Waals surface area contributed by atoms with Gasteiger partial charge < -0.3 is 10.0 Å². The largest absolute Gasteiger partial charge is 0.389 e. The normalized spacial score (nSPS) is 34.5. The molecule has 1 saturated carbocycles. The van der Waals surface area contributed by atoms with Crippen LogP contribution in [0.2, 0.25) is 0 Å². The third kappa shape index (κ3) is 2.65. The Labute approximate surface area is 115 Å². The first-order valence-corrected chi connectivity index (χ1v) is 7.79. The third-order valence-electron chi connectivity index (χ3n) is 5.52. The molecule has 2 unspecified atom stereocenters. The lowest BCUT2D eigenvalue weighted by Gasteiger charge is -2.29. The van der Waals surface area contributed by atoms with Gasteiger partial charge in [0.1, 0.15) is 0 Å². The van der Waals surface area contributed by atoms with Crippen LogP contribution < -0.4 is 0 Å². The zero-order valence-corrected chi connectivity index (χ0v) is 12.0. The molecule has 2 bridgehead atoms. The summed E-state index contributed by atoms with van der Waals surface area (Å²) >= 11 is 0. The molecule has 4 nitrogen and oxygen atoms in total. The monoisotopic (exact) mass is 266 g/mol. The third-order valence-corrected chi connectivity index (χ3v) is 5.52. The van der Waals surface area contributed by atoms with Crippen LogP contribution >= 0.6 is 0 Å². The second-order valence-corrected chi connectivity index (χ2v) is 6.79. The Bertz CT molecular complexity index is 352. The molecule has 0 aromatic heterocycles. The second kappa shape index (κ2) is 5.06. The van der Waals surface area contributed by atoms with E-state index in [2.05, 4.69) is 11.9 Å². The van der Waals surface area contributed by atoms with E-state index in [0.717, 1.165) is 45.2 Å². The van der Waals surface area contributed by atoms with E-state index in [1.165, 1.54) is 12.8 Å². The first-order chi connectivity index (χ1) is 9.07. The highest BCUT2D eigenvalue weighted by Crippen LogP contribution is 2.34. The van der Waals surface area contributed by atoms with Gasteiger partial charge in [-0.05, 0) is 39.2 Å². The standard InChI is InChI=1S/C15H26N2O2/c1-16-12-4-5-13(16)11-17(9-6-12)14(18)10-15(19)7-2-3-8-15/h12-13,19H,2-11H2,1H3. The zero-order chi connectivity index (χ0) is 13.5. The van der Waals surface area contributed by atoms with Crippen molar-refractivity contribution in [2.45, 2.75) is 69.1 Å². The Morgan fingerprint density at radius 2 is 1.89 bits per heavy atom. The summed E-state index contributed by atoms with van der Waals surface area (Å²) in [5, 5.41) is 10.4. The number of rotatable bonds is 2. The van der Waals surface area contributed by atoms with Crippen molar-refractivity contribution in [1.82, 2.24) is 9.80 Å². The van der Waals surface area contributed by atoms with Gasteiger partial charge in [0.25, 0.3) is 0 Å². The predicted octanol–water partition coefficient (Wildman–Crippen LogP) is 1.38. The maximum absolute atomic E-state index is 12.4. The molecule has 19 heavy (non-hydrogen) atoms. The van der Waals surface area contributed by atoms with Crippen LogP contribution in [-0.2, 0) is 4.79 Å². The summed E-state index contributed by atoms with van der Waals surface area (Å²) in [5.41, 5.74) is -0.700. The molecule has 0 radical (unpaired) electrons. The fourth-order valence-corrected chi connectivity index (χ4v) is 4.14. The highest BCUT2D eigenvalue weighted by Gasteiger charge is 2.39. The Balaban J connectivity index is 1.61. The van der Waals surface area contributed by atoms with Crippen LogP contribution in [0.3, 0.4) is 0 Å². The lowest BCUT2D eigenvalue weighted by atomic mass is 9.97. The Kier molecular flexibility index (Phi) is 3.56. The summed E-state index contributed by atoms with van der Waals surface area (Å²) < 4.78 is 0. The van der Waals surface area contributed by atoms with Crippen LogP contribution in [0.15, 0.2) is 0 Å². The smallest absolute Gasteiger partial charge is 0.225 e. The van der Waals surface area contributed by atoms with Gasteiger partial charge in [-0.3, -0.25) is 9.69 Å². The maximum atomic E-state index is 12.4. The van der Waals surface area contributed by atoms with Gasteiger partial charge in [0.05, 0.1) is 12.0 Å². The summed E-state index contributed by atoms with van der Waals surface area (Å²) in [7, 11) is 2.20. The molecule has 2 saturated heterocycles. The van der Waals surface area contributed by atoms with Gasteiger partial charge in [-0.25, -0.2) is 0 Å². The Morgan fingerprint density at radius 3 is 2.63 bits per heavy atom. The number of carbonyl (C=O) groups excluding carboxylic acids is 1. The Hall–Kier alpha value is -0.610. The SMILES string of the molecule is CN1C2CCC1CN(C(=O)CC1(O)CCCC1)CC2. The average Bonchev–Trinajstić information content (AvgIpc) is 2.84. The molecule has 3 aliphatic rings. The first kappa shape index (κ1) is 13.4. The molecule has 1 aliphatic carbocycles. The zero-order valence-electron chi connectivity index (χ0n) is 12.0. The Morgan fingerprint density at radius 1 is 1.21 bits per heavy atom. The number of likely N-dealkylation sites (tertiary alicyclic amines) is 1. The van der Waals surface area contributed by atoms with Gasteiger partial charge in [-0.2, -0.15) is 0 Å². The summed E-state index contributed by atoms with van der Waals surface area (Å²) in [6, 6.07) is 1.20. The van der Waals surface area contributed by atoms with E-state index in [4.69, 9.17) is 0 Å². The van der Waals surface area contributed by atoms with Crippen LogP contribution in [0.4, 0.5) is 0 Å². The second-order valence-electron chi connectivity index (χ2n) is 6.79. The molecular formula is C15H26N2O2. The van der Waals surface area contributed by atoms with Crippen molar-refractivity contribution in [3.63, 3.8) is 0 Å². The molecule has 4 heteroatoms. The highest BCUT2D eigenvalue weighted by molar-refractivity contribution is 5.77. The fraction of sp³-hybridized carbons (Fsp3) is 0.933. The van der Waals surface area contributed by atoms with Gasteiger partial charge in [0.2, 0.25) is 5.91 Å². The number of hydrogen-bond acceptors (Lipinski definition) is 3. The molecule has 0 aromatic carbocycles. The van der Waals surface area contributed by atoms with Gasteiger partial charge >= 0.3 is 0 Å². The summed E-state index contributed by atoms with van der Waals surface area (Å²) in [4.78, 5) is 16.9. The fourth-order valence-electron chi connectivity index (χ4n) is 4.14. The number of aliphatic hydroxyl groups is 1. The molecule has 2 aliphatic heterocycles. The summed E-state index contributed by atoms with van der Waals surface area (Å²) in [5.74, 6) is 0.172. The molecule has 108 valence electrons. The molecule has 3 fully saturated rings. The van der Waals surface area contributed by atoms with Gasteiger partial charge in [-0.15, -0.1) is 0 Å². The van der Waals surface area contributed by atoms with E-state index in [9.17, 15) is 9.90 Å². The van der Waals surface area contributed by atoms with Crippen LogP contribution in [-0.4, -0.2) is 58.6 Å². The first-order valence-electron chi connectivity index (χ1n) is 7.79. The van der Waals surface area contributed by atoms with Crippen molar-refractivity contribution in [2.75, 3.05) is 20.1 Å². The lowest BCUT2D eigenvalue weighted by Crippen LogP contribution is -2.42. The molecule has 1 amide bonds. The quantitative estimate of drug-likeness (QED) is 0.821. The van der Waals surface area contributed by atoms with Crippen molar-refractivity contribution in [2.24, 2.45) is 0 Å². The summed E-state index contributed by atoms with van der Waals surface area (Å²) in [6.45, 7) is 1.74. The van der Waals surface area contributed by atoms with E-state index in [1.807, 2.05) is 4.90 Å². The average molecular weight is 266 g/mol. The molecule has 1 N–H and O–H groups in total. The number of amides is 1. The number of carbonyl (C=O) groups is 1. The lowest BCUT2D eigenvalue weighted by molar-refractivity contribution is -0.136. The van der Waals surface area contributed by atoms with E-state index in [-0.39, 0.29) is 5.91 Å². The number of nitrogens with zero attached hydrogens (tertiary/aromatic N) is 2. The summed E-state index contributed by atoms with van der Waals surface area (Å²) in [6.07, 6.45) is 7.68. The number of hydrogen-bond donors (Lipinski definition) is 1. The van der Waals surface area contributed by atoms with Crippen LogP contribution in [0.25, 0.3) is 0 Å². The van der Waals surface area contributed by atoms with Crippen molar-refractivity contribution in [3.8, 4) is 0 Å². The maximum Gasteiger partial charge on any atom is 0.225 e. The number of fused-ring (bicyclic) bond motifs is 2. The van der Waals surface area contributed by atoms with Crippen molar-refractivity contribution >= 4 is 5.91 Å². The van der Waals surface area contributed by atoms with Crippen molar-refractivity contribution in [3.05, 3.63) is 0 Å². The van der Waals surface area contributed by atoms with E-state index < -0.39 is 5.60 Å². The van der Waals surface area contributed by atoms with Crippen molar-refractivity contribution < 1.29 is 9.90 Å². The molecule has 2 atom stereocenters. The molecule has 0 spiro atoms. The minimum Gasteiger partial charge on any atom is -0.389 e. The molecule has 2 heterocycles. The van der Waals surface area contributed by atoms with E-state index >= 15 is 0 Å². The minimum atomic E-state index is -0.700. The van der Waals surface area contributed by atoms with E-state index in [1.54, 1.807) is 0 Å². The number of likely N-dealkylation sites (N-methyl/N-ethyl adjacent to an activating group) is 1. The topological polar surface area (TPSA) is 43.8 Å².